The second kappa shape index (κ2) is 4.28. The summed E-state index contributed by atoms with van der Waals surface area (Å²) >= 11 is 0. The smallest absolute Gasteiger partial charge is 0.309 e. The van der Waals surface area contributed by atoms with Crippen LogP contribution in [0.2, 0.25) is 0 Å². The number of carboxylic acid groups (broad SMARTS) is 1. The molecule has 1 aliphatic rings. The number of benzene rings is 1. The van der Waals surface area contributed by atoms with Crippen LogP contribution in [0.5, 0.6) is 11.5 Å². The largest absolute Gasteiger partial charge is 0.493 e. The number of hydrogen-bond acceptors (Lipinski definition) is 3. The second-order valence-electron chi connectivity index (χ2n) is 4.45. The normalized spacial score (nSPS) is 16.4. The van der Waals surface area contributed by atoms with E-state index in [-0.39, 0.29) is 0 Å². The van der Waals surface area contributed by atoms with Crippen molar-refractivity contribution in [3.8, 4) is 11.5 Å². The molecule has 1 aliphatic carbocycles. The second-order valence-corrected chi connectivity index (χ2v) is 4.45. The van der Waals surface area contributed by atoms with Crippen LogP contribution in [0.15, 0.2) is 18.2 Å². The minimum Gasteiger partial charge on any atom is -0.493 e. The fourth-order valence-corrected chi connectivity index (χ4v) is 2.00. The number of ether oxygens (including phenoxy) is 2. The average Bonchev–Trinajstić information content (AvgIpc) is 3.10. The van der Waals surface area contributed by atoms with Crippen LogP contribution in [-0.4, -0.2) is 25.3 Å². The summed E-state index contributed by atoms with van der Waals surface area (Å²) in [5.41, 5.74) is 0.433. The standard InChI is InChI=1S/C13H16O4/c1-16-10-4-3-9(7-11(10)17-2)8-13(5-6-13)12(14)15/h3-4,7H,5-6,8H2,1-2H3,(H,14,15). The van der Waals surface area contributed by atoms with E-state index in [4.69, 9.17) is 14.6 Å². The van der Waals surface area contributed by atoms with Gasteiger partial charge in [0, 0.05) is 0 Å². The lowest BCUT2D eigenvalue weighted by atomic mass is 9.96. The third kappa shape index (κ3) is 2.20. The van der Waals surface area contributed by atoms with Gasteiger partial charge in [-0.15, -0.1) is 0 Å². The Morgan fingerprint density at radius 1 is 1.29 bits per heavy atom. The van der Waals surface area contributed by atoms with E-state index in [1.165, 1.54) is 0 Å². The highest BCUT2D eigenvalue weighted by Crippen LogP contribution is 2.49. The van der Waals surface area contributed by atoms with Crippen LogP contribution >= 0.6 is 0 Å². The molecule has 2 rings (SSSR count). The number of carboxylic acids is 1. The highest BCUT2D eigenvalue weighted by molar-refractivity contribution is 5.78. The molecule has 17 heavy (non-hydrogen) atoms. The van der Waals surface area contributed by atoms with Gasteiger partial charge in [-0.1, -0.05) is 6.07 Å². The van der Waals surface area contributed by atoms with Crippen molar-refractivity contribution in [2.45, 2.75) is 19.3 Å². The Labute approximate surface area is 100 Å². The van der Waals surface area contributed by atoms with E-state index in [0.29, 0.717) is 17.9 Å². The zero-order valence-corrected chi connectivity index (χ0v) is 10.0. The van der Waals surface area contributed by atoms with E-state index in [2.05, 4.69) is 0 Å². The van der Waals surface area contributed by atoms with E-state index in [9.17, 15) is 4.79 Å². The topological polar surface area (TPSA) is 55.8 Å². The van der Waals surface area contributed by atoms with Gasteiger partial charge in [-0.3, -0.25) is 4.79 Å². The molecular formula is C13H16O4. The molecule has 0 amide bonds. The molecule has 1 N–H and O–H groups in total. The monoisotopic (exact) mass is 236 g/mol. The quantitative estimate of drug-likeness (QED) is 0.850. The van der Waals surface area contributed by atoms with Gasteiger partial charge < -0.3 is 14.6 Å². The van der Waals surface area contributed by atoms with E-state index in [1.807, 2.05) is 18.2 Å². The van der Waals surface area contributed by atoms with Crippen LogP contribution in [0, 0.1) is 5.41 Å². The van der Waals surface area contributed by atoms with Crippen molar-refractivity contribution in [1.82, 2.24) is 0 Å². The van der Waals surface area contributed by atoms with Crippen LogP contribution in [0.25, 0.3) is 0 Å². The van der Waals surface area contributed by atoms with Gasteiger partial charge in [0.15, 0.2) is 11.5 Å². The Morgan fingerprint density at radius 3 is 2.41 bits per heavy atom. The van der Waals surface area contributed by atoms with Crippen LogP contribution in [0.3, 0.4) is 0 Å². The fourth-order valence-electron chi connectivity index (χ4n) is 2.00. The Hall–Kier alpha value is -1.71. The van der Waals surface area contributed by atoms with Crippen molar-refractivity contribution in [2.24, 2.45) is 5.41 Å². The molecule has 0 atom stereocenters. The molecule has 1 fully saturated rings. The van der Waals surface area contributed by atoms with E-state index in [0.717, 1.165) is 18.4 Å². The van der Waals surface area contributed by atoms with Gasteiger partial charge in [0.25, 0.3) is 0 Å². The molecule has 0 spiro atoms. The Morgan fingerprint density at radius 2 is 1.94 bits per heavy atom. The molecule has 0 saturated heterocycles. The predicted octanol–water partition coefficient (Wildman–Crippen LogP) is 2.11. The van der Waals surface area contributed by atoms with Crippen molar-refractivity contribution < 1.29 is 19.4 Å². The van der Waals surface area contributed by atoms with Crippen LogP contribution in [0.4, 0.5) is 0 Å². The van der Waals surface area contributed by atoms with Crippen molar-refractivity contribution in [2.75, 3.05) is 14.2 Å². The maximum Gasteiger partial charge on any atom is 0.309 e. The lowest BCUT2D eigenvalue weighted by molar-refractivity contribution is -0.143. The van der Waals surface area contributed by atoms with E-state index < -0.39 is 11.4 Å². The van der Waals surface area contributed by atoms with Crippen molar-refractivity contribution >= 4 is 5.97 Å². The molecule has 0 heterocycles. The summed E-state index contributed by atoms with van der Waals surface area (Å²) in [6.45, 7) is 0. The molecule has 0 aliphatic heterocycles. The number of rotatable bonds is 5. The SMILES string of the molecule is COc1ccc(CC2(C(=O)O)CC2)cc1OC. The molecule has 1 saturated carbocycles. The van der Waals surface area contributed by atoms with Crippen molar-refractivity contribution in [1.29, 1.82) is 0 Å². The average molecular weight is 236 g/mol. The minimum atomic E-state index is -0.702. The van der Waals surface area contributed by atoms with Crippen LogP contribution < -0.4 is 9.47 Å². The summed E-state index contributed by atoms with van der Waals surface area (Å²) in [5, 5.41) is 9.14. The Balaban J connectivity index is 2.20. The van der Waals surface area contributed by atoms with Crippen molar-refractivity contribution in [3.05, 3.63) is 23.8 Å². The lowest BCUT2D eigenvalue weighted by Crippen LogP contribution is -2.17. The summed E-state index contributed by atoms with van der Waals surface area (Å²) < 4.78 is 10.3. The molecule has 1 aromatic rings. The molecule has 92 valence electrons. The molecule has 0 bridgehead atoms. The van der Waals surface area contributed by atoms with Crippen LogP contribution in [0.1, 0.15) is 18.4 Å². The van der Waals surface area contributed by atoms with Gasteiger partial charge in [0.05, 0.1) is 19.6 Å². The zero-order chi connectivity index (χ0) is 12.5. The first-order valence-electron chi connectivity index (χ1n) is 5.55. The predicted molar refractivity (Wildman–Crippen MR) is 62.6 cm³/mol. The van der Waals surface area contributed by atoms with Gasteiger partial charge in [-0.25, -0.2) is 0 Å². The Bertz CT molecular complexity index is 435. The summed E-state index contributed by atoms with van der Waals surface area (Å²) in [6, 6.07) is 5.55. The maximum atomic E-state index is 11.1. The van der Waals surface area contributed by atoms with Gasteiger partial charge in [-0.2, -0.15) is 0 Å². The van der Waals surface area contributed by atoms with Gasteiger partial charge in [-0.05, 0) is 37.0 Å². The summed E-state index contributed by atoms with van der Waals surface area (Å²) in [6.07, 6.45) is 2.08. The molecule has 0 unspecified atom stereocenters. The lowest BCUT2D eigenvalue weighted by Gasteiger charge is -2.12. The third-order valence-electron chi connectivity index (χ3n) is 3.30. The first kappa shape index (κ1) is 11.8. The summed E-state index contributed by atoms with van der Waals surface area (Å²) in [4.78, 5) is 11.1. The van der Waals surface area contributed by atoms with E-state index >= 15 is 0 Å². The third-order valence-corrected chi connectivity index (χ3v) is 3.30. The molecule has 1 aromatic carbocycles. The number of carbonyl (C=O) groups is 1. The summed E-state index contributed by atoms with van der Waals surface area (Å²) in [7, 11) is 3.16. The zero-order valence-electron chi connectivity index (χ0n) is 10.0. The van der Waals surface area contributed by atoms with Crippen LogP contribution in [-0.2, 0) is 11.2 Å². The molecule has 0 radical (unpaired) electrons. The maximum absolute atomic E-state index is 11.1. The minimum absolute atomic E-state index is 0.542. The van der Waals surface area contributed by atoms with Gasteiger partial charge >= 0.3 is 5.97 Å². The molecule has 4 heteroatoms. The molecular weight excluding hydrogens is 220 g/mol. The molecule has 4 nitrogen and oxygen atoms in total. The fraction of sp³-hybridized carbons (Fsp3) is 0.462. The van der Waals surface area contributed by atoms with Gasteiger partial charge in [0.1, 0.15) is 0 Å². The van der Waals surface area contributed by atoms with Gasteiger partial charge in [0.2, 0.25) is 0 Å². The number of aliphatic carboxylic acids is 1. The number of hydrogen-bond donors (Lipinski definition) is 1. The first-order chi connectivity index (χ1) is 8.11. The summed E-state index contributed by atoms with van der Waals surface area (Å²) in [5.74, 6) is 0.606. The first-order valence-corrected chi connectivity index (χ1v) is 5.55. The molecule has 0 aromatic heterocycles. The Kier molecular flexibility index (Phi) is 2.96. The highest BCUT2D eigenvalue weighted by Gasteiger charge is 2.49. The number of methoxy groups -OCH3 is 2. The highest BCUT2D eigenvalue weighted by atomic mass is 16.5. The van der Waals surface area contributed by atoms with E-state index in [1.54, 1.807) is 14.2 Å². The van der Waals surface area contributed by atoms with Crippen molar-refractivity contribution in [3.63, 3.8) is 0 Å².